The Kier molecular flexibility index (Phi) is 4.45. The van der Waals surface area contributed by atoms with Crippen molar-refractivity contribution in [3.05, 3.63) is 58.9 Å². The number of aryl methyl sites for hydroxylation is 1. The lowest BCUT2D eigenvalue weighted by Gasteiger charge is -2.09. The van der Waals surface area contributed by atoms with Crippen LogP contribution in [-0.4, -0.2) is 21.4 Å². The van der Waals surface area contributed by atoms with Crippen LogP contribution in [0, 0.1) is 17.0 Å². The van der Waals surface area contributed by atoms with Gasteiger partial charge in [0.05, 0.1) is 4.92 Å². The summed E-state index contributed by atoms with van der Waals surface area (Å²) < 4.78 is 0. The minimum Gasteiger partial charge on any atom is -0.361 e. The van der Waals surface area contributed by atoms with Gasteiger partial charge in [-0.1, -0.05) is 23.8 Å². The number of nitrogens with one attached hydrogen (secondary N) is 2. The number of anilines is 3. The molecule has 1 aromatic heterocycles. The highest BCUT2D eigenvalue weighted by atomic mass is 16.6. The minimum absolute atomic E-state index is 0.144. The Labute approximate surface area is 121 Å². The lowest BCUT2D eigenvalue weighted by Crippen LogP contribution is -2.08. The Morgan fingerprint density at radius 2 is 1.95 bits per heavy atom. The first-order valence-corrected chi connectivity index (χ1v) is 6.29. The molecule has 0 aliphatic rings. The second kappa shape index (κ2) is 6.47. The highest BCUT2D eigenvalue weighted by molar-refractivity contribution is 5.73. The molecule has 2 rings (SSSR count). The first-order chi connectivity index (χ1) is 10.1. The predicted molar refractivity (Wildman–Crippen MR) is 81.8 cm³/mol. The van der Waals surface area contributed by atoms with Crippen LogP contribution >= 0.6 is 0 Å². The molecule has 0 fully saturated rings. The molecule has 0 bridgehead atoms. The topological polar surface area (TPSA) is 93.0 Å². The van der Waals surface area contributed by atoms with Crippen LogP contribution in [0.1, 0.15) is 5.56 Å². The molecule has 0 aliphatic carbocycles. The third kappa shape index (κ3) is 3.53. The van der Waals surface area contributed by atoms with E-state index in [1.54, 1.807) is 6.08 Å². The van der Waals surface area contributed by atoms with Gasteiger partial charge in [-0.2, -0.15) is 0 Å². The Morgan fingerprint density at radius 1 is 1.29 bits per heavy atom. The van der Waals surface area contributed by atoms with Gasteiger partial charge < -0.3 is 10.6 Å². The summed E-state index contributed by atoms with van der Waals surface area (Å²) in [7, 11) is 0. The maximum absolute atomic E-state index is 11.3. The van der Waals surface area contributed by atoms with Gasteiger partial charge >= 0.3 is 5.69 Å². The van der Waals surface area contributed by atoms with E-state index in [0.29, 0.717) is 6.54 Å². The summed E-state index contributed by atoms with van der Waals surface area (Å²) in [5, 5.41) is 17.0. The molecule has 0 saturated carbocycles. The van der Waals surface area contributed by atoms with Crippen LogP contribution < -0.4 is 10.6 Å². The predicted octanol–water partition coefficient (Wildman–Crippen LogP) is 3.03. The number of benzene rings is 1. The maximum atomic E-state index is 11.3. The van der Waals surface area contributed by atoms with E-state index in [9.17, 15) is 10.1 Å². The molecule has 108 valence electrons. The van der Waals surface area contributed by atoms with Crippen LogP contribution in [0.25, 0.3) is 0 Å². The van der Waals surface area contributed by atoms with Crippen molar-refractivity contribution in [2.24, 2.45) is 0 Å². The van der Waals surface area contributed by atoms with Gasteiger partial charge in [0.2, 0.25) is 11.6 Å². The molecule has 7 heteroatoms. The van der Waals surface area contributed by atoms with Crippen molar-refractivity contribution in [1.29, 1.82) is 0 Å². The van der Waals surface area contributed by atoms with E-state index in [1.165, 1.54) is 6.33 Å². The van der Waals surface area contributed by atoms with Crippen LogP contribution in [0.2, 0.25) is 0 Å². The number of nitro groups is 1. The number of hydrogen-bond acceptors (Lipinski definition) is 6. The van der Waals surface area contributed by atoms with Gasteiger partial charge in [0, 0.05) is 12.2 Å². The zero-order chi connectivity index (χ0) is 15.2. The lowest BCUT2D eigenvalue weighted by molar-refractivity contribution is -0.383. The summed E-state index contributed by atoms with van der Waals surface area (Å²) in [6.07, 6.45) is 2.87. The number of aromatic nitrogens is 2. The number of nitrogens with zero attached hydrogens (tertiary/aromatic N) is 3. The summed E-state index contributed by atoms with van der Waals surface area (Å²) in [5.74, 6) is 0.301. The fourth-order valence-corrected chi connectivity index (χ4v) is 1.72. The van der Waals surface area contributed by atoms with E-state index < -0.39 is 4.92 Å². The third-order valence-electron chi connectivity index (χ3n) is 2.73. The Hall–Kier alpha value is -2.96. The van der Waals surface area contributed by atoms with Gasteiger partial charge in [-0.15, -0.1) is 6.58 Å². The molecule has 21 heavy (non-hydrogen) atoms. The van der Waals surface area contributed by atoms with E-state index in [0.717, 1.165) is 11.3 Å². The third-order valence-corrected chi connectivity index (χ3v) is 2.73. The molecular weight excluding hydrogens is 270 g/mol. The highest BCUT2D eigenvalue weighted by Crippen LogP contribution is 2.30. The summed E-state index contributed by atoms with van der Waals surface area (Å²) in [6.45, 7) is 5.90. The van der Waals surface area contributed by atoms with Crippen LogP contribution in [0.15, 0.2) is 43.2 Å². The number of rotatable bonds is 6. The second-order valence-electron chi connectivity index (χ2n) is 4.34. The fraction of sp³-hybridized carbons (Fsp3) is 0.143. The van der Waals surface area contributed by atoms with Crippen LogP contribution in [0.4, 0.5) is 23.0 Å². The molecule has 0 aliphatic heterocycles. The fourth-order valence-electron chi connectivity index (χ4n) is 1.72. The zero-order valence-electron chi connectivity index (χ0n) is 11.5. The molecule has 0 saturated heterocycles. The SMILES string of the molecule is C=CCNc1ncnc(Nc2ccc(C)cc2)c1[N+](=O)[O-]. The van der Waals surface area contributed by atoms with Gasteiger partial charge in [-0.05, 0) is 19.1 Å². The van der Waals surface area contributed by atoms with Gasteiger partial charge in [-0.3, -0.25) is 10.1 Å². The van der Waals surface area contributed by atoms with Crippen molar-refractivity contribution in [2.45, 2.75) is 6.92 Å². The van der Waals surface area contributed by atoms with E-state index >= 15 is 0 Å². The molecule has 1 heterocycles. The molecule has 0 radical (unpaired) electrons. The molecule has 2 N–H and O–H groups in total. The van der Waals surface area contributed by atoms with Crippen molar-refractivity contribution in [2.75, 3.05) is 17.2 Å². The molecule has 0 unspecified atom stereocenters. The van der Waals surface area contributed by atoms with Crippen molar-refractivity contribution >= 4 is 23.0 Å². The second-order valence-corrected chi connectivity index (χ2v) is 4.34. The summed E-state index contributed by atoms with van der Waals surface area (Å²) in [5.41, 5.74) is 1.63. The van der Waals surface area contributed by atoms with E-state index in [4.69, 9.17) is 0 Å². The molecule has 0 atom stereocenters. The zero-order valence-corrected chi connectivity index (χ0v) is 11.5. The van der Waals surface area contributed by atoms with Gasteiger partial charge in [0.25, 0.3) is 0 Å². The Bertz CT molecular complexity index is 655. The summed E-state index contributed by atoms with van der Waals surface area (Å²) in [4.78, 5) is 18.6. The van der Waals surface area contributed by atoms with E-state index in [1.807, 2.05) is 31.2 Å². The van der Waals surface area contributed by atoms with Crippen molar-refractivity contribution in [1.82, 2.24) is 9.97 Å². The number of hydrogen-bond donors (Lipinski definition) is 2. The van der Waals surface area contributed by atoms with Crippen LogP contribution in [0.5, 0.6) is 0 Å². The van der Waals surface area contributed by atoms with Gasteiger partial charge in [-0.25, -0.2) is 9.97 Å². The quantitative estimate of drug-likeness (QED) is 0.481. The van der Waals surface area contributed by atoms with Crippen molar-refractivity contribution in [3.63, 3.8) is 0 Å². The summed E-state index contributed by atoms with van der Waals surface area (Å²) >= 11 is 0. The van der Waals surface area contributed by atoms with Gasteiger partial charge in [0.15, 0.2) is 0 Å². The monoisotopic (exact) mass is 285 g/mol. The maximum Gasteiger partial charge on any atom is 0.353 e. The van der Waals surface area contributed by atoms with Gasteiger partial charge in [0.1, 0.15) is 6.33 Å². The average molecular weight is 285 g/mol. The first-order valence-electron chi connectivity index (χ1n) is 6.29. The molecule has 0 amide bonds. The smallest absolute Gasteiger partial charge is 0.353 e. The Morgan fingerprint density at radius 3 is 2.57 bits per heavy atom. The Balaban J connectivity index is 2.35. The minimum atomic E-state index is -0.512. The van der Waals surface area contributed by atoms with E-state index in [-0.39, 0.29) is 17.3 Å². The van der Waals surface area contributed by atoms with Crippen LogP contribution in [0.3, 0.4) is 0 Å². The molecule has 7 nitrogen and oxygen atoms in total. The first kappa shape index (κ1) is 14.4. The average Bonchev–Trinajstić information content (AvgIpc) is 2.47. The van der Waals surface area contributed by atoms with E-state index in [2.05, 4.69) is 27.2 Å². The normalized spacial score (nSPS) is 9.95. The molecular formula is C14H15N5O2. The molecule has 0 spiro atoms. The summed E-state index contributed by atoms with van der Waals surface area (Å²) in [6, 6.07) is 7.48. The molecule has 1 aromatic carbocycles. The van der Waals surface area contributed by atoms with Crippen molar-refractivity contribution in [3.8, 4) is 0 Å². The standard InChI is InChI=1S/C14H15N5O2/c1-3-8-15-13-12(19(20)21)14(17-9-16-13)18-11-6-4-10(2)5-7-11/h3-7,9H,1,8H2,2H3,(H2,15,16,17,18). The molecule has 2 aromatic rings. The van der Waals surface area contributed by atoms with Crippen molar-refractivity contribution < 1.29 is 4.92 Å². The van der Waals surface area contributed by atoms with Crippen LogP contribution in [-0.2, 0) is 0 Å². The lowest BCUT2D eigenvalue weighted by atomic mass is 10.2. The highest BCUT2D eigenvalue weighted by Gasteiger charge is 2.22. The largest absolute Gasteiger partial charge is 0.361 e.